The molecule has 2 amide bonds. The second kappa shape index (κ2) is 8.81. The molecule has 0 aliphatic carbocycles. The molecule has 1 aliphatic rings. The van der Waals surface area contributed by atoms with Crippen molar-refractivity contribution in [1.29, 1.82) is 0 Å². The van der Waals surface area contributed by atoms with Crippen molar-refractivity contribution in [3.8, 4) is 0 Å². The van der Waals surface area contributed by atoms with Gasteiger partial charge in [0.05, 0.1) is 5.75 Å². The van der Waals surface area contributed by atoms with Gasteiger partial charge in [-0.15, -0.1) is 11.8 Å². The van der Waals surface area contributed by atoms with Crippen molar-refractivity contribution in [1.82, 2.24) is 0 Å². The van der Waals surface area contributed by atoms with Gasteiger partial charge >= 0.3 is 0 Å². The minimum atomic E-state index is -0.460. The van der Waals surface area contributed by atoms with Gasteiger partial charge in [-0.25, -0.2) is 4.39 Å². The van der Waals surface area contributed by atoms with Crippen LogP contribution < -0.4 is 15.1 Å². The molecule has 31 heavy (non-hydrogen) atoms. The zero-order valence-corrected chi connectivity index (χ0v) is 18.0. The number of carbonyl (C=O) groups is 2. The molecule has 0 bridgehead atoms. The summed E-state index contributed by atoms with van der Waals surface area (Å²) in [7, 11) is 3.94. The summed E-state index contributed by atoms with van der Waals surface area (Å²) < 4.78 is 13.4. The molecule has 1 saturated heterocycles. The Labute approximate surface area is 184 Å². The summed E-state index contributed by atoms with van der Waals surface area (Å²) in [6.45, 7) is 0. The highest BCUT2D eigenvalue weighted by Gasteiger charge is 2.34. The molecule has 0 saturated carbocycles. The molecule has 1 atom stereocenters. The van der Waals surface area contributed by atoms with Crippen LogP contribution in [0.25, 0.3) is 0 Å². The van der Waals surface area contributed by atoms with Crippen LogP contribution in [-0.4, -0.2) is 31.7 Å². The normalized spacial score (nSPS) is 15.8. The Bertz CT molecular complexity index is 1120. The maximum absolute atomic E-state index is 13.4. The van der Waals surface area contributed by atoms with E-state index in [2.05, 4.69) is 5.32 Å². The molecule has 0 spiro atoms. The van der Waals surface area contributed by atoms with E-state index < -0.39 is 5.82 Å². The summed E-state index contributed by atoms with van der Waals surface area (Å²) >= 11 is 1.55. The van der Waals surface area contributed by atoms with Crippen molar-refractivity contribution >= 4 is 40.6 Å². The van der Waals surface area contributed by atoms with Crippen LogP contribution in [-0.2, 0) is 4.79 Å². The Hall–Kier alpha value is -3.32. The highest BCUT2D eigenvalue weighted by atomic mass is 32.2. The summed E-state index contributed by atoms with van der Waals surface area (Å²) in [5.74, 6) is -0.414. The van der Waals surface area contributed by atoms with E-state index in [-0.39, 0.29) is 22.8 Å². The van der Waals surface area contributed by atoms with E-state index in [0.717, 1.165) is 16.9 Å². The number of hydrogen-bond donors (Lipinski definition) is 1. The molecule has 158 valence electrons. The summed E-state index contributed by atoms with van der Waals surface area (Å²) in [4.78, 5) is 28.9. The van der Waals surface area contributed by atoms with Crippen LogP contribution in [0.15, 0.2) is 72.8 Å². The Balaban J connectivity index is 1.57. The van der Waals surface area contributed by atoms with Crippen molar-refractivity contribution in [2.45, 2.75) is 5.37 Å². The van der Waals surface area contributed by atoms with E-state index >= 15 is 0 Å². The first kappa shape index (κ1) is 20.9. The van der Waals surface area contributed by atoms with Crippen LogP contribution in [0.3, 0.4) is 0 Å². The van der Waals surface area contributed by atoms with E-state index in [9.17, 15) is 14.0 Å². The highest BCUT2D eigenvalue weighted by Crippen LogP contribution is 2.42. The van der Waals surface area contributed by atoms with Gasteiger partial charge in [0.15, 0.2) is 0 Å². The average Bonchev–Trinajstić information content (AvgIpc) is 3.15. The SMILES string of the molecule is CN(C)c1ccc(N2C(=O)CSC2c2cccc(NC(=O)c3cccc(F)c3)c2)cc1. The van der Waals surface area contributed by atoms with Gasteiger partial charge in [0.2, 0.25) is 5.91 Å². The maximum atomic E-state index is 13.4. The average molecular weight is 436 g/mol. The first-order chi connectivity index (χ1) is 14.9. The Morgan fingerprint density at radius 3 is 2.52 bits per heavy atom. The zero-order valence-electron chi connectivity index (χ0n) is 17.2. The largest absolute Gasteiger partial charge is 0.378 e. The quantitative estimate of drug-likeness (QED) is 0.618. The lowest BCUT2D eigenvalue weighted by Crippen LogP contribution is -2.27. The van der Waals surface area contributed by atoms with Gasteiger partial charge in [-0.3, -0.25) is 14.5 Å². The first-order valence-electron chi connectivity index (χ1n) is 9.80. The fraction of sp³-hybridized carbons (Fsp3) is 0.167. The van der Waals surface area contributed by atoms with E-state index in [1.54, 1.807) is 28.8 Å². The van der Waals surface area contributed by atoms with E-state index in [1.165, 1.54) is 18.2 Å². The predicted octanol–water partition coefficient (Wildman–Crippen LogP) is 4.92. The molecule has 3 aromatic carbocycles. The van der Waals surface area contributed by atoms with E-state index in [4.69, 9.17) is 0 Å². The standard InChI is InChI=1S/C24H22FN3O2S/c1-27(2)20-9-11-21(12-10-20)28-22(29)15-31-24(28)17-6-4-8-19(14-17)26-23(30)16-5-3-7-18(25)13-16/h3-14,24H,15H2,1-2H3,(H,26,30). The second-order valence-electron chi connectivity index (χ2n) is 7.43. The first-order valence-corrected chi connectivity index (χ1v) is 10.9. The second-order valence-corrected chi connectivity index (χ2v) is 8.50. The van der Waals surface area contributed by atoms with Crippen molar-refractivity contribution in [3.63, 3.8) is 0 Å². The smallest absolute Gasteiger partial charge is 0.255 e. The molecule has 4 rings (SSSR count). The fourth-order valence-electron chi connectivity index (χ4n) is 3.46. The van der Waals surface area contributed by atoms with E-state index in [1.807, 2.05) is 61.5 Å². The van der Waals surface area contributed by atoms with Crippen molar-refractivity contribution in [2.75, 3.05) is 35.0 Å². The molecule has 1 N–H and O–H groups in total. The van der Waals surface area contributed by atoms with Gasteiger partial charge < -0.3 is 10.2 Å². The third-order valence-electron chi connectivity index (χ3n) is 5.03. The molecule has 3 aromatic rings. The zero-order chi connectivity index (χ0) is 22.0. The van der Waals surface area contributed by atoms with Gasteiger partial charge in [-0.05, 0) is 60.2 Å². The molecule has 5 nitrogen and oxygen atoms in total. The van der Waals surface area contributed by atoms with Gasteiger partial charge in [-0.2, -0.15) is 0 Å². The number of benzene rings is 3. The number of rotatable bonds is 5. The molecule has 0 radical (unpaired) electrons. The Morgan fingerprint density at radius 2 is 1.81 bits per heavy atom. The minimum Gasteiger partial charge on any atom is -0.378 e. The van der Waals surface area contributed by atoms with Crippen molar-refractivity contribution < 1.29 is 14.0 Å². The Kier molecular flexibility index (Phi) is 5.95. The summed E-state index contributed by atoms with van der Waals surface area (Å²) in [6, 6.07) is 20.8. The number of amides is 2. The number of anilines is 3. The lowest BCUT2D eigenvalue weighted by molar-refractivity contribution is -0.115. The van der Waals surface area contributed by atoms with Crippen LogP contribution in [0.2, 0.25) is 0 Å². The highest BCUT2D eigenvalue weighted by molar-refractivity contribution is 8.00. The number of halogens is 1. The number of carbonyl (C=O) groups excluding carboxylic acids is 2. The summed E-state index contributed by atoms with van der Waals surface area (Å²) in [6.07, 6.45) is 0. The molecular weight excluding hydrogens is 413 g/mol. The third kappa shape index (κ3) is 4.56. The van der Waals surface area contributed by atoms with Crippen LogP contribution in [0.1, 0.15) is 21.3 Å². The summed E-state index contributed by atoms with van der Waals surface area (Å²) in [5, 5.41) is 2.62. The lowest BCUT2D eigenvalue weighted by Gasteiger charge is -2.25. The number of thioether (sulfide) groups is 1. The van der Waals surface area contributed by atoms with Crippen LogP contribution in [0.5, 0.6) is 0 Å². The number of hydrogen-bond acceptors (Lipinski definition) is 4. The van der Waals surface area contributed by atoms with Crippen LogP contribution >= 0.6 is 11.8 Å². The van der Waals surface area contributed by atoms with Crippen molar-refractivity contribution in [2.24, 2.45) is 0 Å². The molecule has 7 heteroatoms. The molecule has 0 aromatic heterocycles. The predicted molar refractivity (Wildman–Crippen MR) is 124 cm³/mol. The lowest BCUT2D eigenvalue weighted by atomic mass is 10.1. The minimum absolute atomic E-state index is 0.0433. The van der Waals surface area contributed by atoms with Gasteiger partial charge in [-0.1, -0.05) is 18.2 Å². The molecular formula is C24H22FN3O2S. The maximum Gasteiger partial charge on any atom is 0.255 e. The van der Waals surface area contributed by atoms with E-state index in [0.29, 0.717) is 11.4 Å². The number of nitrogens with zero attached hydrogens (tertiary/aromatic N) is 2. The fourth-order valence-corrected chi connectivity index (χ4v) is 4.63. The van der Waals surface area contributed by atoms with Gasteiger partial charge in [0.25, 0.3) is 5.91 Å². The monoisotopic (exact) mass is 435 g/mol. The topological polar surface area (TPSA) is 52.6 Å². The van der Waals surface area contributed by atoms with Crippen molar-refractivity contribution in [3.05, 3.63) is 89.7 Å². The molecule has 1 heterocycles. The summed E-state index contributed by atoms with van der Waals surface area (Å²) in [5.41, 5.74) is 3.64. The number of nitrogens with one attached hydrogen (secondary N) is 1. The van der Waals surface area contributed by atoms with Crippen LogP contribution in [0, 0.1) is 5.82 Å². The molecule has 1 unspecified atom stereocenters. The molecule has 1 fully saturated rings. The van der Waals surface area contributed by atoms with Gasteiger partial charge in [0.1, 0.15) is 11.2 Å². The Morgan fingerprint density at radius 1 is 1.06 bits per heavy atom. The molecule has 1 aliphatic heterocycles. The third-order valence-corrected chi connectivity index (χ3v) is 6.24. The van der Waals surface area contributed by atoms with Gasteiger partial charge in [0, 0.05) is 36.7 Å². The van der Waals surface area contributed by atoms with Crippen LogP contribution in [0.4, 0.5) is 21.5 Å².